The molecule has 18 atom stereocenters. The lowest BCUT2D eigenvalue weighted by atomic mass is 9.49. The van der Waals surface area contributed by atoms with Gasteiger partial charge in [0.05, 0.1) is 0 Å². The van der Waals surface area contributed by atoms with Crippen LogP contribution >= 0.6 is 0 Å². The Morgan fingerprint density at radius 1 is 0.459 bits per heavy atom. The van der Waals surface area contributed by atoms with E-state index in [1.165, 1.54) is 12.3 Å². The van der Waals surface area contributed by atoms with Gasteiger partial charge < -0.3 is 0 Å². The van der Waals surface area contributed by atoms with Crippen LogP contribution in [0.4, 0.5) is 0 Å². The van der Waals surface area contributed by atoms with Crippen LogP contribution in [-0.2, 0) is 0 Å². The van der Waals surface area contributed by atoms with Crippen molar-refractivity contribution >= 4 is 0 Å². The quantitative estimate of drug-likeness (QED) is 0.217. The van der Waals surface area contributed by atoms with Gasteiger partial charge in [-0.3, -0.25) is 0 Å². The zero-order chi connectivity index (χ0) is 40.6. The molecule has 16 unspecified atom stereocenters. The second kappa shape index (κ2) is 14.0. The van der Waals surface area contributed by atoms with E-state index >= 15 is 0 Å². The lowest BCUT2D eigenvalue weighted by Gasteiger charge is -2.56. The van der Waals surface area contributed by atoms with E-state index in [1.54, 1.807) is 218 Å². The second-order valence-corrected chi connectivity index (χ2v) is 30.1. The lowest BCUT2D eigenvalue weighted by Crippen LogP contribution is -2.47. The molecule has 16 rings (SSSR count). The van der Waals surface area contributed by atoms with Crippen molar-refractivity contribution < 1.29 is 0 Å². The Labute approximate surface area is 377 Å². The molecule has 0 heterocycles. The molecule has 16 fully saturated rings. The van der Waals surface area contributed by atoms with E-state index in [4.69, 9.17) is 0 Å². The van der Waals surface area contributed by atoms with Gasteiger partial charge in [-0.05, 0) is 287 Å². The first-order valence-electron chi connectivity index (χ1n) is 29.6. The minimum absolute atomic E-state index is 0.763. The third-order valence-corrected chi connectivity index (χ3v) is 27.0. The average Bonchev–Trinajstić information content (AvgIpc) is 3.96. The number of rotatable bonds is 9. The van der Waals surface area contributed by atoms with E-state index in [0.29, 0.717) is 0 Å². The zero-order valence-corrected chi connectivity index (χ0v) is 40.6. The molecule has 16 aliphatic rings. The predicted molar refractivity (Wildman–Crippen MR) is 253 cm³/mol. The Morgan fingerprint density at radius 2 is 1.21 bits per heavy atom. The molecule has 0 amide bonds. The number of fused-ring (bicyclic) bond motifs is 8. The summed E-state index contributed by atoms with van der Waals surface area (Å²) in [4.78, 5) is 0. The summed E-state index contributed by atoms with van der Waals surface area (Å²) in [6, 6.07) is 0. The van der Waals surface area contributed by atoms with E-state index in [1.807, 2.05) is 0 Å². The second-order valence-electron chi connectivity index (χ2n) is 30.1. The molecule has 9 bridgehead atoms. The molecular weight excluding hydrogens is 733 g/mol. The molecule has 0 aliphatic heterocycles. The van der Waals surface area contributed by atoms with Crippen LogP contribution < -0.4 is 0 Å². The van der Waals surface area contributed by atoms with Crippen molar-refractivity contribution in [1.82, 2.24) is 0 Å². The van der Waals surface area contributed by atoms with Crippen molar-refractivity contribution in [2.24, 2.45) is 133 Å². The summed E-state index contributed by atoms with van der Waals surface area (Å²) in [5.74, 6) is 18.6. The third kappa shape index (κ3) is 6.52. The Hall–Kier alpha value is 0. The van der Waals surface area contributed by atoms with Gasteiger partial charge in [0.2, 0.25) is 0 Å². The van der Waals surface area contributed by atoms with Crippen LogP contribution in [0.2, 0.25) is 0 Å². The highest BCUT2D eigenvalue weighted by molar-refractivity contribution is 5.26. The highest BCUT2D eigenvalue weighted by Crippen LogP contribution is 2.86. The summed E-state index contributed by atoms with van der Waals surface area (Å²) in [7, 11) is 0. The maximum atomic E-state index is 2.63. The van der Waals surface area contributed by atoms with Gasteiger partial charge in [0.1, 0.15) is 0 Å². The molecule has 0 saturated heterocycles. The Balaban J connectivity index is 0.706. The van der Waals surface area contributed by atoms with Gasteiger partial charge in [-0.15, -0.1) is 0 Å². The van der Waals surface area contributed by atoms with Crippen molar-refractivity contribution in [2.75, 3.05) is 0 Å². The van der Waals surface area contributed by atoms with Gasteiger partial charge in [0.15, 0.2) is 0 Å². The Kier molecular flexibility index (Phi) is 9.23. The minimum Gasteiger partial charge on any atom is -0.0651 e. The standard InChI is InChI=1S/C61H96/c1-4-51-16-15-42(7-5-9-52-34-56(52)18-6-8-47(32-56)48-19-39(2)40(3)20-48)25-58(28-46-26-57(51,27-46)24-43-11-12-43)36-54(58)50-23-45-30-60(31-45)29-44-13-10-41-14-17-53-35-59(53,33-50)38-61(60)37-55(61)49(21-41)22-44/h39-55H,4-38H2,1-3H3/t39-,40?,41?,42?,44?,45?,46?,47?,48?,49?,50?,51?,52?,53?,54?,55?,56?,57?,58?,59+,60?,61?/m0/s1. The molecule has 0 N–H and O–H groups in total. The van der Waals surface area contributed by atoms with Gasteiger partial charge in [-0.2, -0.15) is 0 Å². The van der Waals surface area contributed by atoms with E-state index in [0.717, 1.165) is 127 Å². The summed E-state index contributed by atoms with van der Waals surface area (Å²) in [5.41, 5.74) is 4.77. The molecule has 0 heteroatoms. The molecule has 0 aromatic rings. The fourth-order valence-electron chi connectivity index (χ4n) is 23.8. The zero-order valence-electron chi connectivity index (χ0n) is 40.6. The first kappa shape index (κ1) is 40.1. The first-order chi connectivity index (χ1) is 29.6. The van der Waals surface area contributed by atoms with Gasteiger partial charge >= 0.3 is 0 Å². The molecule has 0 nitrogen and oxygen atoms in total. The van der Waals surface area contributed by atoms with Crippen LogP contribution in [0, 0.1) is 133 Å². The van der Waals surface area contributed by atoms with Crippen LogP contribution in [-0.4, -0.2) is 0 Å². The monoisotopic (exact) mass is 829 g/mol. The van der Waals surface area contributed by atoms with Crippen LogP contribution in [0.5, 0.6) is 0 Å². The topological polar surface area (TPSA) is 0 Å². The lowest BCUT2D eigenvalue weighted by molar-refractivity contribution is -0.0623. The van der Waals surface area contributed by atoms with Crippen LogP contribution in [0.1, 0.15) is 245 Å². The van der Waals surface area contributed by atoms with Crippen molar-refractivity contribution in [1.29, 1.82) is 0 Å². The summed E-state index contributed by atoms with van der Waals surface area (Å²) in [5, 5.41) is 0. The van der Waals surface area contributed by atoms with Crippen molar-refractivity contribution in [2.45, 2.75) is 245 Å². The predicted octanol–water partition coefficient (Wildman–Crippen LogP) is 17.3. The van der Waals surface area contributed by atoms with Gasteiger partial charge in [0.25, 0.3) is 0 Å². The molecule has 16 aliphatic carbocycles. The van der Waals surface area contributed by atoms with E-state index in [2.05, 4.69) is 20.8 Å². The van der Waals surface area contributed by atoms with E-state index < -0.39 is 0 Å². The highest BCUT2D eigenvalue weighted by Gasteiger charge is 2.77. The summed E-state index contributed by atoms with van der Waals surface area (Å²) >= 11 is 0. The molecule has 61 heavy (non-hydrogen) atoms. The molecule has 340 valence electrons. The van der Waals surface area contributed by atoms with Gasteiger partial charge in [-0.1, -0.05) is 91.4 Å². The molecule has 0 radical (unpaired) electrons. The third-order valence-electron chi connectivity index (χ3n) is 27.0. The largest absolute Gasteiger partial charge is 0.0651 e. The van der Waals surface area contributed by atoms with Gasteiger partial charge in [0, 0.05) is 0 Å². The van der Waals surface area contributed by atoms with Crippen molar-refractivity contribution in [3.63, 3.8) is 0 Å². The molecular formula is C61H96. The molecule has 0 aromatic heterocycles. The molecule has 5 spiro atoms. The van der Waals surface area contributed by atoms with E-state index in [9.17, 15) is 0 Å². The van der Waals surface area contributed by atoms with Crippen molar-refractivity contribution in [3.8, 4) is 0 Å². The van der Waals surface area contributed by atoms with Crippen LogP contribution in [0.3, 0.4) is 0 Å². The average molecular weight is 829 g/mol. The maximum Gasteiger partial charge on any atom is -0.0201 e. The Bertz CT molecular complexity index is 1660. The smallest absolute Gasteiger partial charge is 0.0201 e. The normalized spacial score (nSPS) is 61.0. The fourth-order valence-corrected chi connectivity index (χ4v) is 23.8. The maximum absolute atomic E-state index is 2.63. The summed E-state index contributed by atoms with van der Waals surface area (Å²) < 4.78 is 0. The minimum atomic E-state index is 0.763. The highest BCUT2D eigenvalue weighted by atomic mass is 14.8. The van der Waals surface area contributed by atoms with Crippen LogP contribution in [0.25, 0.3) is 0 Å². The van der Waals surface area contributed by atoms with Gasteiger partial charge in [-0.25, -0.2) is 0 Å². The summed E-state index contributed by atoms with van der Waals surface area (Å²) in [6.07, 6.45) is 57.5. The number of hydrogen-bond acceptors (Lipinski definition) is 0. The Morgan fingerprint density at radius 3 is 2.05 bits per heavy atom. The van der Waals surface area contributed by atoms with Crippen LogP contribution in [0.15, 0.2) is 0 Å². The fraction of sp³-hybridized carbons (Fsp3) is 1.00. The van der Waals surface area contributed by atoms with E-state index in [-0.39, 0.29) is 0 Å². The van der Waals surface area contributed by atoms with Crippen molar-refractivity contribution in [3.05, 3.63) is 0 Å². The SMILES string of the molecule is CCC1CCC(CCCC2CC23CCCC(C2CC(C)[C@@H](C)C2)C3)CC2(CC3CC1(CC1CC1)C3)CC2C1CC2CC3(CC4CCC5CCC6C[C@]6(C1)CC31CC1C(C5)C4)C2. The molecule has 16 saturated carbocycles. The summed E-state index contributed by atoms with van der Waals surface area (Å²) in [6.45, 7) is 7.77. The number of hydrogen-bond donors (Lipinski definition) is 0. The first-order valence-corrected chi connectivity index (χ1v) is 29.6. The molecule has 0 aromatic carbocycles.